The number of carbonyl (C=O) groups excluding carboxylic acids is 1. The molecule has 2 aliphatic rings. The Labute approximate surface area is 85.6 Å². The van der Waals surface area contributed by atoms with Gasteiger partial charge in [0, 0.05) is 12.1 Å². The molecule has 0 aromatic heterocycles. The first-order valence-electron chi connectivity index (χ1n) is 5.62. The molecule has 1 aliphatic heterocycles. The molecule has 1 atom stereocenters. The number of nitrogens with one attached hydrogen (secondary N) is 2. The van der Waals surface area contributed by atoms with Crippen molar-refractivity contribution in [2.24, 2.45) is 11.8 Å². The Morgan fingerprint density at radius 2 is 2.07 bits per heavy atom. The molecule has 0 aromatic carbocycles. The van der Waals surface area contributed by atoms with Gasteiger partial charge < -0.3 is 10.6 Å². The minimum Gasteiger partial charge on any atom is -0.351 e. The van der Waals surface area contributed by atoms with Crippen molar-refractivity contribution in [1.29, 1.82) is 0 Å². The minimum absolute atomic E-state index is 0.0136. The van der Waals surface area contributed by atoms with Gasteiger partial charge >= 0.3 is 0 Å². The molecule has 3 nitrogen and oxygen atoms in total. The monoisotopic (exact) mass is 196 g/mol. The van der Waals surface area contributed by atoms with E-state index in [0.717, 1.165) is 19.5 Å². The van der Waals surface area contributed by atoms with Crippen molar-refractivity contribution in [3.63, 3.8) is 0 Å². The number of hydrogen-bond donors (Lipinski definition) is 2. The van der Waals surface area contributed by atoms with Gasteiger partial charge in [-0.15, -0.1) is 0 Å². The standard InChI is InChI=1S/C11H20N2O/c1-11(2,9-3-4-9)13-10(14)8-5-6-12-7-8/h8-9,12H,3-7H2,1-2H3,(H,13,14)/t8-/m0/s1. The van der Waals surface area contributed by atoms with Crippen LogP contribution in [0.15, 0.2) is 0 Å². The molecule has 0 radical (unpaired) electrons. The van der Waals surface area contributed by atoms with Crippen LogP contribution in [-0.4, -0.2) is 24.5 Å². The van der Waals surface area contributed by atoms with Crippen LogP contribution in [0.3, 0.4) is 0 Å². The summed E-state index contributed by atoms with van der Waals surface area (Å²) in [5, 5.41) is 6.40. The first kappa shape index (κ1) is 9.97. The Bertz CT molecular complexity index is 227. The predicted molar refractivity (Wildman–Crippen MR) is 55.9 cm³/mol. The summed E-state index contributed by atoms with van der Waals surface area (Å²) in [5.74, 6) is 1.15. The smallest absolute Gasteiger partial charge is 0.224 e. The van der Waals surface area contributed by atoms with E-state index in [2.05, 4.69) is 24.5 Å². The lowest BCUT2D eigenvalue weighted by Crippen LogP contribution is -2.48. The average Bonchev–Trinajstić information content (AvgIpc) is 2.82. The van der Waals surface area contributed by atoms with Crippen LogP contribution in [0, 0.1) is 11.8 Å². The van der Waals surface area contributed by atoms with Crippen LogP contribution in [-0.2, 0) is 4.79 Å². The maximum atomic E-state index is 11.8. The van der Waals surface area contributed by atoms with E-state index >= 15 is 0 Å². The third kappa shape index (κ3) is 2.08. The molecule has 1 saturated heterocycles. The zero-order chi connectivity index (χ0) is 10.2. The van der Waals surface area contributed by atoms with Gasteiger partial charge in [-0.05, 0) is 45.6 Å². The fourth-order valence-electron chi connectivity index (χ4n) is 2.21. The summed E-state index contributed by atoms with van der Waals surface area (Å²) in [4.78, 5) is 11.8. The molecule has 1 heterocycles. The molecule has 3 heteroatoms. The predicted octanol–water partition coefficient (Wildman–Crippen LogP) is 0.901. The van der Waals surface area contributed by atoms with E-state index in [1.807, 2.05) is 0 Å². The maximum Gasteiger partial charge on any atom is 0.224 e. The molecule has 0 unspecified atom stereocenters. The summed E-state index contributed by atoms with van der Waals surface area (Å²) in [6, 6.07) is 0. The van der Waals surface area contributed by atoms with Crippen molar-refractivity contribution in [3.05, 3.63) is 0 Å². The fourth-order valence-corrected chi connectivity index (χ4v) is 2.21. The first-order chi connectivity index (χ1) is 6.59. The van der Waals surface area contributed by atoms with Crippen molar-refractivity contribution in [3.8, 4) is 0 Å². The van der Waals surface area contributed by atoms with Crippen LogP contribution in [0.1, 0.15) is 33.1 Å². The van der Waals surface area contributed by atoms with E-state index in [1.165, 1.54) is 12.8 Å². The summed E-state index contributed by atoms with van der Waals surface area (Å²) in [7, 11) is 0. The third-order valence-corrected chi connectivity index (χ3v) is 3.47. The van der Waals surface area contributed by atoms with Gasteiger partial charge in [0.1, 0.15) is 0 Å². The second-order valence-electron chi connectivity index (χ2n) is 5.17. The largest absolute Gasteiger partial charge is 0.351 e. The van der Waals surface area contributed by atoms with Crippen molar-refractivity contribution < 1.29 is 4.79 Å². The highest BCUT2D eigenvalue weighted by Crippen LogP contribution is 2.39. The Kier molecular flexibility index (Phi) is 2.52. The second-order valence-corrected chi connectivity index (χ2v) is 5.17. The Balaban J connectivity index is 1.86. The van der Waals surface area contributed by atoms with Crippen molar-refractivity contribution >= 4 is 5.91 Å². The zero-order valence-electron chi connectivity index (χ0n) is 9.10. The normalized spacial score (nSPS) is 27.7. The third-order valence-electron chi connectivity index (χ3n) is 3.47. The molecule has 1 aliphatic carbocycles. The lowest BCUT2D eigenvalue weighted by molar-refractivity contribution is -0.126. The summed E-state index contributed by atoms with van der Waals surface area (Å²) in [6.45, 7) is 6.13. The Morgan fingerprint density at radius 1 is 1.36 bits per heavy atom. The van der Waals surface area contributed by atoms with E-state index in [-0.39, 0.29) is 17.4 Å². The summed E-state index contributed by atoms with van der Waals surface area (Å²) in [6.07, 6.45) is 3.54. The van der Waals surface area contributed by atoms with E-state index < -0.39 is 0 Å². The average molecular weight is 196 g/mol. The number of hydrogen-bond acceptors (Lipinski definition) is 2. The highest BCUT2D eigenvalue weighted by atomic mass is 16.2. The second kappa shape index (κ2) is 3.54. The molecule has 2 N–H and O–H groups in total. The zero-order valence-corrected chi connectivity index (χ0v) is 9.10. The Morgan fingerprint density at radius 3 is 2.57 bits per heavy atom. The highest BCUT2D eigenvalue weighted by molar-refractivity contribution is 5.80. The molecule has 0 aromatic rings. The van der Waals surface area contributed by atoms with E-state index in [9.17, 15) is 4.79 Å². The van der Waals surface area contributed by atoms with E-state index in [4.69, 9.17) is 0 Å². The van der Waals surface area contributed by atoms with Gasteiger partial charge in [0.2, 0.25) is 5.91 Å². The molecule has 14 heavy (non-hydrogen) atoms. The van der Waals surface area contributed by atoms with Gasteiger partial charge in [-0.3, -0.25) is 4.79 Å². The molecule has 80 valence electrons. The van der Waals surface area contributed by atoms with Gasteiger partial charge in [-0.2, -0.15) is 0 Å². The van der Waals surface area contributed by atoms with Gasteiger partial charge in [0.15, 0.2) is 0 Å². The number of rotatable bonds is 3. The van der Waals surface area contributed by atoms with Gasteiger partial charge in [0.05, 0.1) is 5.92 Å². The van der Waals surface area contributed by atoms with Crippen LogP contribution in [0.2, 0.25) is 0 Å². The van der Waals surface area contributed by atoms with Crippen LogP contribution in [0.25, 0.3) is 0 Å². The summed E-state index contributed by atoms with van der Waals surface area (Å²) >= 11 is 0. The number of carbonyl (C=O) groups is 1. The lowest BCUT2D eigenvalue weighted by Gasteiger charge is -2.27. The summed E-state index contributed by atoms with van der Waals surface area (Å²) in [5.41, 5.74) is 0.0136. The topological polar surface area (TPSA) is 41.1 Å². The SMILES string of the molecule is CC(C)(NC(=O)[C@H]1CCNC1)C1CC1. The molecule has 1 amide bonds. The minimum atomic E-state index is 0.0136. The first-order valence-corrected chi connectivity index (χ1v) is 5.62. The van der Waals surface area contributed by atoms with E-state index in [1.54, 1.807) is 0 Å². The molecular formula is C11H20N2O. The molecule has 2 fully saturated rings. The van der Waals surface area contributed by atoms with Crippen LogP contribution < -0.4 is 10.6 Å². The van der Waals surface area contributed by atoms with E-state index in [0.29, 0.717) is 5.92 Å². The summed E-state index contributed by atoms with van der Waals surface area (Å²) < 4.78 is 0. The lowest BCUT2D eigenvalue weighted by atomic mass is 9.97. The van der Waals surface area contributed by atoms with Crippen molar-refractivity contribution in [2.45, 2.75) is 38.6 Å². The molecule has 2 rings (SSSR count). The van der Waals surface area contributed by atoms with Crippen LogP contribution in [0.5, 0.6) is 0 Å². The number of amides is 1. The molecule has 0 bridgehead atoms. The molecule has 1 saturated carbocycles. The molecular weight excluding hydrogens is 176 g/mol. The van der Waals surface area contributed by atoms with Crippen LogP contribution in [0.4, 0.5) is 0 Å². The quantitative estimate of drug-likeness (QED) is 0.704. The Hall–Kier alpha value is -0.570. The van der Waals surface area contributed by atoms with Gasteiger partial charge in [-0.25, -0.2) is 0 Å². The van der Waals surface area contributed by atoms with Crippen LogP contribution >= 0.6 is 0 Å². The van der Waals surface area contributed by atoms with Gasteiger partial charge in [0.25, 0.3) is 0 Å². The molecule has 0 spiro atoms. The maximum absolute atomic E-state index is 11.8. The fraction of sp³-hybridized carbons (Fsp3) is 0.909. The van der Waals surface area contributed by atoms with Gasteiger partial charge in [-0.1, -0.05) is 0 Å². The van der Waals surface area contributed by atoms with Crippen molar-refractivity contribution in [2.75, 3.05) is 13.1 Å². The van der Waals surface area contributed by atoms with Crippen molar-refractivity contribution in [1.82, 2.24) is 10.6 Å². The highest BCUT2D eigenvalue weighted by Gasteiger charge is 2.39.